The molecule has 1 aliphatic heterocycles. The molecule has 1 aliphatic rings. The molecule has 106 valence electrons. The molecule has 1 aromatic rings. The summed E-state index contributed by atoms with van der Waals surface area (Å²) in [6.45, 7) is 0.916. The Kier molecular flexibility index (Phi) is 6.11. The van der Waals surface area contributed by atoms with Crippen LogP contribution < -0.4 is 11.3 Å². The van der Waals surface area contributed by atoms with Gasteiger partial charge in [0.05, 0.1) is 6.10 Å². The lowest BCUT2D eigenvalue weighted by Crippen LogP contribution is -2.37. The molecule has 0 spiro atoms. The summed E-state index contributed by atoms with van der Waals surface area (Å²) in [6.07, 6.45) is 7.13. The van der Waals surface area contributed by atoms with Crippen molar-refractivity contribution in [2.24, 2.45) is 5.84 Å². The van der Waals surface area contributed by atoms with Gasteiger partial charge in [0.15, 0.2) is 0 Å². The van der Waals surface area contributed by atoms with Crippen LogP contribution in [-0.2, 0) is 11.2 Å². The van der Waals surface area contributed by atoms with Gasteiger partial charge < -0.3 is 4.74 Å². The van der Waals surface area contributed by atoms with Crippen LogP contribution in [0.5, 0.6) is 0 Å². The molecule has 0 radical (unpaired) electrons. The normalized spacial score (nSPS) is 21.3. The Morgan fingerprint density at radius 1 is 1.42 bits per heavy atom. The van der Waals surface area contributed by atoms with Crippen LogP contribution in [0.15, 0.2) is 24.3 Å². The van der Waals surface area contributed by atoms with Crippen LogP contribution in [0.25, 0.3) is 0 Å². The second-order valence-corrected chi connectivity index (χ2v) is 5.70. The number of rotatable bonds is 6. The number of benzene rings is 1. The smallest absolute Gasteiger partial charge is 0.0575 e. The number of hydrazine groups is 1. The van der Waals surface area contributed by atoms with Gasteiger partial charge in [0.2, 0.25) is 0 Å². The fourth-order valence-electron chi connectivity index (χ4n) is 2.61. The molecule has 2 atom stereocenters. The predicted molar refractivity (Wildman–Crippen MR) is 79.1 cm³/mol. The average Bonchev–Trinajstić information content (AvgIpc) is 2.44. The predicted octanol–water partition coefficient (Wildman–Crippen LogP) is 3.06. The number of hydrogen-bond donors (Lipinski definition) is 2. The van der Waals surface area contributed by atoms with E-state index in [9.17, 15) is 0 Å². The van der Waals surface area contributed by atoms with Crippen molar-refractivity contribution in [2.45, 2.75) is 50.7 Å². The third-order valence-corrected chi connectivity index (χ3v) is 3.95. The molecule has 2 unspecified atom stereocenters. The number of hydrogen-bond acceptors (Lipinski definition) is 3. The second kappa shape index (κ2) is 7.85. The maximum absolute atomic E-state index is 6.00. The van der Waals surface area contributed by atoms with E-state index in [4.69, 9.17) is 22.2 Å². The first-order valence-electron chi connectivity index (χ1n) is 7.10. The Morgan fingerprint density at radius 2 is 2.32 bits per heavy atom. The third-order valence-electron chi connectivity index (χ3n) is 3.72. The monoisotopic (exact) mass is 282 g/mol. The highest BCUT2D eigenvalue weighted by Gasteiger charge is 2.16. The molecule has 1 heterocycles. The van der Waals surface area contributed by atoms with Crippen molar-refractivity contribution < 1.29 is 4.74 Å². The van der Waals surface area contributed by atoms with E-state index in [1.165, 1.54) is 24.8 Å². The summed E-state index contributed by atoms with van der Waals surface area (Å²) < 4.78 is 5.75. The zero-order chi connectivity index (χ0) is 13.5. The lowest BCUT2D eigenvalue weighted by Gasteiger charge is -2.24. The number of nitrogens with two attached hydrogens (primary N) is 1. The number of nitrogens with one attached hydrogen (secondary N) is 1. The second-order valence-electron chi connectivity index (χ2n) is 5.26. The molecular weight excluding hydrogens is 260 g/mol. The largest absolute Gasteiger partial charge is 0.378 e. The van der Waals surface area contributed by atoms with E-state index in [2.05, 4.69) is 11.5 Å². The molecule has 0 saturated carbocycles. The van der Waals surface area contributed by atoms with Gasteiger partial charge in [-0.05, 0) is 56.2 Å². The number of ether oxygens (including phenoxy) is 1. The molecule has 0 bridgehead atoms. The topological polar surface area (TPSA) is 47.3 Å². The minimum absolute atomic E-state index is 0.281. The Balaban J connectivity index is 1.79. The van der Waals surface area contributed by atoms with Crippen LogP contribution >= 0.6 is 11.6 Å². The van der Waals surface area contributed by atoms with Gasteiger partial charge in [-0.1, -0.05) is 23.7 Å². The first-order chi connectivity index (χ1) is 9.28. The minimum atomic E-state index is 0.281. The Labute approximate surface area is 120 Å². The van der Waals surface area contributed by atoms with Gasteiger partial charge in [0, 0.05) is 17.7 Å². The zero-order valence-electron chi connectivity index (χ0n) is 11.3. The Bertz CT molecular complexity index is 380. The molecule has 0 amide bonds. The van der Waals surface area contributed by atoms with Gasteiger partial charge in [-0.15, -0.1) is 0 Å². The zero-order valence-corrected chi connectivity index (χ0v) is 12.0. The molecule has 0 aliphatic carbocycles. The Hall–Kier alpha value is -0.610. The van der Waals surface area contributed by atoms with Crippen LogP contribution in [0, 0.1) is 0 Å². The van der Waals surface area contributed by atoms with Crippen LogP contribution in [-0.4, -0.2) is 18.8 Å². The molecule has 3 nitrogen and oxygen atoms in total. The van der Waals surface area contributed by atoms with Crippen molar-refractivity contribution in [3.05, 3.63) is 34.9 Å². The molecule has 4 heteroatoms. The van der Waals surface area contributed by atoms with E-state index in [1.54, 1.807) is 0 Å². The van der Waals surface area contributed by atoms with Crippen LogP contribution in [0.2, 0.25) is 5.02 Å². The lowest BCUT2D eigenvalue weighted by molar-refractivity contribution is 0.00858. The molecular formula is C15H23ClN2O. The van der Waals surface area contributed by atoms with Crippen LogP contribution in [0.3, 0.4) is 0 Å². The van der Waals surface area contributed by atoms with E-state index in [0.29, 0.717) is 6.10 Å². The summed E-state index contributed by atoms with van der Waals surface area (Å²) in [7, 11) is 0. The van der Waals surface area contributed by atoms with Crippen molar-refractivity contribution in [3.8, 4) is 0 Å². The summed E-state index contributed by atoms with van der Waals surface area (Å²) in [5.74, 6) is 5.65. The highest BCUT2D eigenvalue weighted by molar-refractivity contribution is 6.30. The summed E-state index contributed by atoms with van der Waals surface area (Å²) in [6, 6.07) is 8.25. The van der Waals surface area contributed by atoms with E-state index < -0.39 is 0 Å². The molecule has 3 N–H and O–H groups in total. The maximum atomic E-state index is 6.00. The van der Waals surface area contributed by atoms with Crippen molar-refractivity contribution in [2.75, 3.05) is 6.61 Å². The van der Waals surface area contributed by atoms with E-state index in [1.807, 2.05) is 18.2 Å². The maximum Gasteiger partial charge on any atom is 0.0575 e. The van der Waals surface area contributed by atoms with Crippen molar-refractivity contribution >= 4 is 11.6 Å². The quantitative estimate of drug-likeness (QED) is 0.623. The molecule has 1 saturated heterocycles. The van der Waals surface area contributed by atoms with Crippen molar-refractivity contribution in [3.63, 3.8) is 0 Å². The lowest BCUT2D eigenvalue weighted by atomic mass is 9.98. The molecule has 1 fully saturated rings. The molecule has 1 aromatic carbocycles. The fraction of sp³-hybridized carbons (Fsp3) is 0.600. The van der Waals surface area contributed by atoms with Gasteiger partial charge in [-0.2, -0.15) is 0 Å². The van der Waals surface area contributed by atoms with Crippen molar-refractivity contribution in [1.29, 1.82) is 0 Å². The first kappa shape index (κ1) is 14.8. The van der Waals surface area contributed by atoms with Gasteiger partial charge >= 0.3 is 0 Å². The highest BCUT2D eigenvalue weighted by atomic mass is 35.5. The molecule has 2 rings (SSSR count). The average molecular weight is 283 g/mol. The van der Waals surface area contributed by atoms with E-state index >= 15 is 0 Å². The summed E-state index contributed by atoms with van der Waals surface area (Å²) in [5, 5.41) is 0.781. The fourth-order valence-corrected chi connectivity index (χ4v) is 2.83. The van der Waals surface area contributed by atoms with Gasteiger partial charge in [-0.25, -0.2) is 0 Å². The van der Waals surface area contributed by atoms with Gasteiger partial charge in [0.1, 0.15) is 0 Å². The standard InChI is InChI=1S/C15H23ClN2O/c16-13-5-3-4-12(10-13)11-14(18-17)7-8-15-6-1-2-9-19-15/h3-5,10,14-15,18H,1-2,6-9,11,17H2. The van der Waals surface area contributed by atoms with E-state index in [0.717, 1.165) is 30.9 Å². The first-order valence-corrected chi connectivity index (χ1v) is 7.48. The SMILES string of the molecule is NNC(CCC1CCCCO1)Cc1cccc(Cl)c1. The number of halogens is 1. The summed E-state index contributed by atoms with van der Waals surface area (Å²) in [5.41, 5.74) is 4.13. The highest BCUT2D eigenvalue weighted by Crippen LogP contribution is 2.19. The van der Waals surface area contributed by atoms with Crippen molar-refractivity contribution in [1.82, 2.24) is 5.43 Å². The van der Waals surface area contributed by atoms with Gasteiger partial charge in [0.25, 0.3) is 0 Å². The van der Waals surface area contributed by atoms with E-state index in [-0.39, 0.29) is 6.04 Å². The summed E-state index contributed by atoms with van der Waals surface area (Å²) >= 11 is 6.00. The summed E-state index contributed by atoms with van der Waals surface area (Å²) in [4.78, 5) is 0. The third kappa shape index (κ3) is 5.11. The molecule has 19 heavy (non-hydrogen) atoms. The van der Waals surface area contributed by atoms with Crippen LogP contribution in [0.1, 0.15) is 37.7 Å². The molecule has 0 aromatic heterocycles. The minimum Gasteiger partial charge on any atom is -0.378 e. The Morgan fingerprint density at radius 3 is 3.00 bits per heavy atom. The van der Waals surface area contributed by atoms with Gasteiger partial charge in [-0.3, -0.25) is 11.3 Å². The van der Waals surface area contributed by atoms with Crippen LogP contribution in [0.4, 0.5) is 0 Å².